The van der Waals surface area contributed by atoms with Crippen molar-refractivity contribution in [2.75, 3.05) is 12.3 Å². The maximum atomic E-state index is 8.54. The molecule has 0 saturated carbocycles. The molecule has 6 nitrogen and oxygen atoms in total. The highest BCUT2D eigenvalue weighted by atomic mass is 35.5. The molecule has 1 fully saturated rings. The van der Waals surface area contributed by atoms with Crippen LogP contribution in [0.15, 0.2) is 23.3 Å². The fraction of sp³-hybridized carbons (Fsp3) is 0.273. The molecule has 0 aromatic carbocycles. The van der Waals surface area contributed by atoms with E-state index in [0.717, 1.165) is 29.6 Å². The summed E-state index contributed by atoms with van der Waals surface area (Å²) in [4.78, 5) is 9.87. The zero-order chi connectivity index (χ0) is 15.0. The third-order valence-electron chi connectivity index (χ3n) is 2.17. The van der Waals surface area contributed by atoms with Crippen LogP contribution < -0.4 is 11.5 Å². The van der Waals surface area contributed by atoms with Gasteiger partial charge in [-0.1, -0.05) is 29.4 Å². The van der Waals surface area contributed by atoms with Crippen LogP contribution in [0.4, 0.5) is 0 Å². The number of amidine groups is 1. The van der Waals surface area contributed by atoms with E-state index >= 15 is 0 Å². The van der Waals surface area contributed by atoms with Gasteiger partial charge in [0.05, 0.1) is 0 Å². The lowest BCUT2D eigenvalue weighted by Crippen LogP contribution is -2.23. The SMILES string of the molecule is N#C/N=C1\SCCN1Cc1ccc(Cl)nc1.NC(N)=S. The number of thiocarbonyl (C=S) groups is 1. The van der Waals surface area contributed by atoms with E-state index in [-0.39, 0.29) is 5.11 Å². The Labute approximate surface area is 131 Å². The monoisotopic (exact) mass is 328 g/mol. The van der Waals surface area contributed by atoms with Crippen LogP contribution in [0.5, 0.6) is 0 Å². The zero-order valence-electron chi connectivity index (χ0n) is 10.5. The molecule has 0 amide bonds. The molecule has 0 atom stereocenters. The van der Waals surface area contributed by atoms with Gasteiger partial charge in [0.1, 0.15) is 5.15 Å². The molecule has 2 rings (SSSR count). The average Bonchev–Trinajstić information content (AvgIpc) is 2.80. The number of thioether (sulfide) groups is 1. The molecule has 0 unspecified atom stereocenters. The van der Waals surface area contributed by atoms with Crippen LogP contribution in [0.25, 0.3) is 0 Å². The van der Waals surface area contributed by atoms with Crippen LogP contribution in [0, 0.1) is 11.5 Å². The summed E-state index contributed by atoms with van der Waals surface area (Å²) in [5.41, 5.74) is 10.3. The van der Waals surface area contributed by atoms with Crippen molar-refractivity contribution < 1.29 is 0 Å². The lowest BCUT2D eigenvalue weighted by atomic mass is 10.3. The van der Waals surface area contributed by atoms with Gasteiger partial charge in [0.25, 0.3) is 0 Å². The fourth-order valence-corrected chi connectivity index (χ4v) is 2.50. The van der Waals surface area contributed by atoms with Gasteiger partial charge < -0.3 is 16.4 Å². The van der Waals surface area contributed by atoms with E-state index in [2.05, 4.69) is 38.6 Å². The largest absolute Gasteiger partial charge is 0.377 e. The standard InChI is InChI=1S/C10H9ClN4S.CH4N2S/c11-9-2-1-8(5-13-9)6-15-3-4-16-10(15)14-7-12;2-1(3)4/h1-2,5H,3-4,6H2;(H4,2,3,4)/b14-10-;. The summed E-state index contributed by atoms with van der Waals surface area (Å²) >= 11 is 11.4. The maximum Gasteiger partial charge on any atom is 0.208 e. The quantitative estimate of drug-likeness (QED) is 0.479. The first-order chi connectivity index (χ1) is 9.52. The number of hydrogen-bond acceptors (Lipinski definition) is 5. The highest BCUT2D eigenvalue weighted by molar-refractivity contribution is 8.14. The van der Waals surface area contributed by atoms with E-state index in [1.165, 1.54) is 0 Å². The minimum atomic E-state index is 0.000000000000000222. The summed E-state index contributed by atoms with van der Waals surface area (Å²) in [6.07, 6.45) is 3.57. The maximum absolute atomic E-state index is 8.54. The van der Waals surface area contributed by atoms with Gasteiger partial charge in [-0.15, -0.1) is 4.99 Å². The van der Waals surface area contributed by atoms with E-state index in [4.69, 9.17) is 16.9 Å². The summed E-state index contributed by atoms with van der Waals surface area (Å²) in [7, 11) is 0. The van der Waals surface area contributed by atoms with E-state index in [1.54, 1.807) is 24.0 Å². The summed E-state index contributed by atoms with van der Waals surface area (Å²) in [6, 6.07) is 3.70. The molecule has 0 aliphatic carbocycles. The second kappa shape index (κ2) is 8.58. The Bertz CT molecular complexity index is 521. The molecule has 1 aliphatic heterocycles. The Balaban J connectivity index is 0.000000444. The number of nitrogens with two attached hydrogens (primary N) is 2. The van der Waals surface area contributed by atoms with E-state index in [1.807, 2.05) is 12.3 Å². The van der Waals surface area contributed by atoms with Crippen molar-refractivity contribution in [1.29, 1.82) is 5.26 Å². The van der Waals surface area contributed by atoms with Crippen LogP contribution in [-0.4, -0.2) is 32.5 Å². The number of hydrogen-bond donors (Lipinski definition) is 2. The van der Waals surface area contributed by atoms with Crippen LogP contribution in [-0.2, 0) is 6.54 Å². The van der Waals surface area contributed by atoms with Gasteiger partial charge >= 0.3 is 0 Å². The molecule has 20 heavy (non-hydrogen) atoms. The Kier molecular flexibility index (Phi) is 7.08. The Hall–Kier alpha value is -1.56. The number of rotatable bonds is 2. The number of nitriles is 1. The summed E-state index contributed by atoms with van der Waals surface area (Å²) in [5, 5.41) is 9.82. The first-order valence-corrected chi connectivity index (χ1v) is 7.30. The van der Waals surface area contributed by atoms with Crippen LogP contribution in [0.1, 0.15) is 5.56 Å². The van der Waals surface area contributed by atoms with E-state index in [9.17, 15) is 0 Å². The van der Waals surface area contributed by atoms with Crippen LogP contribution >= 0.6 is 35.6 Å². The smallest absolute Gasteiger partial charge is 0.208 e. The van der Waals surface area contributed by atoms with Crippen molar-refractivity contribution in [3.63, 3.8) is 0 Å². The van der Waals surface area contributed by atoms with Gasteiger partial charge in [-0.05, 0) is 23.8 Å². The van der Waals surface area contributed by atoms with Gasteiger partial charge in [-0.2, -0.15) is 5.26 Å². The molecule has 9 heteroatoms. The first kappa shape index (κ1) is 16.5. The van der Waals surface area contributed by atoms with Gasteiger partial charge in [0.2, 0.25) is 6.19 Å². The normalized spacial score (nSPS) is 15.4. The zero-order valence-corrected chi connectivity index (χ0v) is 12.9. The van der Waals surface area contributed by atoms with Gasteiger partial charge in [0, 0.05) is 25.0 Å². The highest BCUT2D eigenvalue weighted by Gasteiger charge is 2.19. The van der Waals surface area contributed by atoms with E-state index < -0.39 is 0 Å². The van der Waals surface area contributed by atoms with Crippen LogP contribution in [0.2, 0.25) is 5.15 Å². The molecule has 4 N–H and O–H groups in total. The predicted octanol–water partition coefficient (Wildman–Crippen LogP) is 1.31. The molecule has 0 radical (unpaired) electrons. The number of nitrogens with zero attached hydrogens (tertiary/aromatic N) is 4. The van der Waals surface area contributed by atoms with Crippen molar-refractivity contribution in [2.45, 2.75) is 6.54 Å². The minimum Gasteiger partial charge on any atom is -0.377 e. The highest BCUT2D eigenvalue weighted by Crippen LogP contribution is 2.20. The second-order valence-corrected chi connectivity index (χ2v) is 5.58. The topological polar surface area (TPSA) is 104 Å². The minimum absolute atomic E-state index is 0.000000000000000222. The number of aliphatic imine (C=N–C) groups is 1. The molecular formula is C11H13ClN6S2. The summed E-state index contributed by atoms with van der Waals surface area (Å²) in [6.45, 7) is 1.63. The van der Waals surface area contributed by atoms with Gasteiger partial charge in [-0.3, -0.25) is 0 Å². The average molecular weight is 329 g/mol. The Morgan fingerprint density at radius 2 is 2.30 bits per heavy atom. The fourth-order valence-electron chi connectivity index (χ4n) is 1.45. The lowest BCUT2D eigenvalue weighted by Gasteiger charge is -2.16. The van der Waals surface area contributed by atoms with Crippen molar-refractivity contribution in [3.05, 3.63) is 29.0 Å². The molecule has 106 valence electrons. The van der Waals surface area contributed by atoms with Crippen molar-refractivity contribution >= 4 is 45.9 Å². The molecule has 1 aliphatic rings. The number of pyridine rings is 1. The third-order valence-corrected chi connectivity index (χ3v) is 3.39. The molecule has 2 heterocycles. The predicted molar refractivity (Wildman–Crippen MR) is 86.1 cm³/mol. The van der Waals surface area contributed by atoms with Gasteiger partial charge in [-0.25, -0.2) is 4.98 Å². The van der Waals surface area contributed by atoms with Crippen LogP contribution in [0.3, 0.4) is 0 Å². The molecule has 1 aromatic heterocycles. The lowest BCUT2D eigenvalue weighted by molar-refractivity contribution is 0.456. The number of halogens is 1. The van der Waals surface area contributed by atoms with E-state index in [0.29, 0.717) is 5.15 Å². The van der Waals surface area contributed by atoms with Gasteiger partial charge in [0.15, 0.2) is 10.3 Å². The molecule has 0 bridgehead atoms. The first-order valence-electron chi connectivity index (χ1n) is 5.52. The molecular weight excluding hydrogens is 316 g/mol. The third kappa shape index (κ3) is 6.06. The molecule has 1 aromatic rings. The van der Waals surface area contributed by atoms with Crippen molar-refractivity contribution in [3.8, 4) is 6.19 Å². The Morgan fingerprint density at radius 3 is 2.85 bits per heavy atom. The molecule has 1 saturated heterocycles. The number of aromatic nitrogens is 1. The summed E-state index contributed by atoms with van der Waals surface area (Å²) in [5.74, 6) is 0.974. The summed E-state index contributed by atoms with van der Waals surface area (Å²) < 4.78 is 0. The second-order valence-electron chi connectivity index (χ2n) is 3.66. The Morgan fingerprint density at radius 1 is 1.60 bits per heavy atom. The molecule has 0 spiro atoms. The van der Waals surface area contributed by atoms with Crippen molar-refractivity contribution in [2.24, 2.45) is 16.5 Å². The van der Waals surface area contributed by atoms with Crippen molar-refractivity contribution in [1.82, 2.24) is 9.88 Å².